The molecule has 0 aromatic heterocycles. The van der Waals surface area contributed by atoms with Crippen molar-refractivity contribution in [3.8, 4) is 0 Å². The van der Waals surface area contributed by atoms with Crippen molar-refractivity contribution >= 4 is 399 Å². The van der Waals surface area contributed by atoms with Gasteiger partial charge in [0.15, 0.2) is 399 Å². The Labute approximate surface area is 426 Å². The Morgan fingerprint density at radius 3 is 0.0690 bits per heavy atom. The quantitative estimate of drug-likeness (QED) is 0.131. The molecule has 0 aromatic carbocycles. The Hall–Kier alpha value is 12.0. The van der Waals surface area contributed by atoms with Crippen molar-refractivity contribution in [3.05, 3.63) is 0 Å². The Bertz CT molecular complexity index is 21.3. The van der Waals surface area contributed by atoms with Gasteiger partial charge in [-0.15, -0.1) is 0 Å². The zero-order valence-electron chi connectivity index (χ0n) is 4.24. The van der Waals surface area contributed by atoms with Gasteiger partial charge in [-0.05, 0) is 0 Å². The van der Waals surface area contributed by atoms with Gasteiger partial charge in [0.1, 0.15) is 0 Å². The molecule has 0 aliphatic heterocycles. The van der Waals surface area contributed by atoms with Gasteiger partial charge in [0.25, 0.3) is 0 Å². The van der Waals surface area contributed by atoms with E-state index in [2.05, 4.69) is 0 Å². The molecule has 0 saturated carbocycles. The molecule has 0 atom stereocenters. The minimum atomic E-state index is 0. The summed E-state index contributed by atoms with van der Waals surface area (Å²) in [5.74, 6) is 0. The molecular weight excluding hydrogens is 705 g/mol. The molecule has 0 spiro atoms. The van der Waals surface area contributed by atoms with Crippen LogP contribution in [0.5, 0.6) is 0 Å². The molecule has 18 N–H and O–H groups in total. The molecule has 0 unspecified atom stereocenters. The van der Waals surface area contributed by atoms with Crippen LogP contribution in [0.15, 0.2) is 0 Å². The fourth-order valence-corrected chi connectivity index (χ4v) is 0. The van der Waals surface area contributed by atoms with Crippen LogP contribution in [0.1, 0.15) is 0 Å². The highest BCUT2D eigenvalue weighted by atomic mass is 27.0. The van der Waals surface area contributed by atoms with E-state index in [1.54, 1.807) is 0 Å². The first kappa shape index (κ1) is 455. The zero-order chi connectivity index (χ0) is 0. The van der Waals surface area contributed by atoms with Crippen LogP contribution in [0.2, 0.25) is 0 Å². The van der Waals surface area contributed by atoms with Gasteiger partial charge in [-0.2, -0.15) is 0 Å². The van der Waals surface area contributed by atoms with Gasteiger partial charge in [-0.25, -0.2) is 0 Å². The first-order valence-corrected chi connectivity index (χ1v) is 0. The Kier molecular flexibility index (Phi) is 6630. The molecule has 0 bridgehead atoms. The van der Waals surface area contributed by atoms with E-state index in [0.717, 1.165) is 0 Å². The average Bonchev–Trinajstić information content (AvgIpc) is 0. The Balaban J connectivity index is 0. The highest BCUT2D eigenvalue weighted by molar-refractivity contribution is 5.78. The molecule has 0 saturated heterocycles. The van der Waals surface area contributed by atoms with Crippen molar-refractivity contribution < 1.29 is 0 Å². The molecule has 0 aromatic rings. The summed E-state index contributed by atoms with van der Waals surface area (Å²) in [6, 6.07) is 0. The third kappa shape index (κ3) is 401. The molecule has 0 heterocycles. The van der Waals surface area contributed by atoms with Crippen molar-refractivity contribution in [2.75, 3.05) is 0 Å². The van der Waals surface area contributed by atoms with E-state index >= 15 is 0 Å². The third-order valence-electron chi connectivity index (χ3n) is 0. The average molecular weight is 792 g/mol. The zero-order valence-corrected chi connectivity index (χ0v) is 4.24. The van der Waals surface area contributed by atoms with Crippen LogP contribution in [0, 0.1) is 0 Å². The summed E-state index contributed by atoms with van der Waals surface area (Å²) < 4.78 is 0. The minimum Gasteiger partial charge on any atom is -0.344 e. The lowest BCUT2D eigenvalue weighted by atomic mass is 14.0. The summed E-state index contributed by atoms with van der Waals surface area (Å²) in [6.45, 7) is 0. The fraction of sp³-hybridized carbons (Fsp3) is 0. The molecule has 0 rings (SSSR count). The predicted octanol–water partition coefficient (Wildman–Crippen LogP) is -26.3. The first-order valence-electron chi connectivity index (χ1n) is 0. The summed E-state index contributed by atoms with van der Waals surface area (Å²) in [7, 11) is 0. The van der Waals surface area contributed by atoms with E-state index in [0.29, 0.717) is 0 Å². The van der Waals surface area contributed by atoms with Gasteiger partial charge in [0.05, 0.1) is 0 Å². The lowest BCUT2D eigenvalue weighted by Gasteiger charge is -0.345. The van der Waals surface area contributed by atoms with Crippen LogP contribution in [-0.4, -0.2) is 399 Å². The van der Waals surface area contributed by atoms with Gasteiger partial charge in [-0.3, -0.25) is 0 Å². The summed E-state index contributed by atoms with van der Waals surface area (Å²) in [4.78, 5) is 0. The summed E-state index contributed by atoms with van der Waals surface area (Å²) >= 11 is 0. The Morgan fingerprint density at radius 1 is 0.0690 bits per heavy atom. The van der Waals surface area contributed by atoms with Crippen LogP contribution in [0.3, 0.4) is 0 Å². The summed E-state index contributed by atoms with van der Waals surface area (Å²) in [6.07, 6.45) is 0. The Morgan fingerprint density at radius 2 is 0.0690 bits per heavy atom. The maximum atomic E-state index is 0. The summed E-state index contributed by atoms with van der Waals surface area (Å²) in [5.41, 5.74) is 0. The van der Waals surface area contributed by atoms with Crippen LogP contribution < -0.4 is 36.9 Å². The third-order valence-corrected chi connectivity index (χ3v) is 0. The van der Waals surface area contributed by atoms with Crippen molar-refractivity contribution in [2.45, 2.75) is 0 Å². The molecule has 0 radical (unpaired) electrons. The number of hydrogen-bond donors (Lipinski definition) is 6. The van der Waals surface area contributed by atoms with Gasteiger partial charge in [-0.1, -0.05) is 0 Å². The van der Waals surface area contributed by atoms with Crippen LogP contribution in [-0.2, 0) is 0 Å². The molecule has 0 aliphatic rings. The van der Waals surface area contributed by atoms with E-state index in [9.17, 15) is 0 Å². The highest BCUT2D eigenvalue weighted by Gasteiger charge is 0.209. The van der Waals surface area contributed by atoms with Crippen LogP contribution >= 0.6 is 0 Å². The van der Waals surface area contributed by atoms with Gasteiger partial charge < -0.3 is 36.9 Å². The second-order valence-electron chi connectivity index (χ2n) is 0. The first-order chi connectivity index (χ1) is 0. The smallest absolute Gasteiger partial charge is 0.187 e. The fourth-order valence-electron chi connectivity index (χ4n) is 0. The lowest BCUT2D eigenvalue weighted by molar-refractivity contribution is 2.13. The maximum Gasteiger partial charge on any atom is 0.187 e. The van der Waals surface area contributed by atoms with Crippen molar-refractivity contribution in [1.29, 1.82) is 0 Å². The van der Waals surface area contributed by atoms with Gasteiger partial charge >= 0.3 is 0 Å². The second-order valence-corrected chi connectivity index (χ2v) is 0. The summed E-state index contributed by atoms with van der Waals surface area (Å²) in [5, 5.41) is 0. The highest BCUT2D eigenvalue weighted by Crippen LogP contribution is -0.358. The normalized spacial score (nSPS) is 0. The molecule has 0 fully saturated rings. The molecule has 0 amide bonds. The number of hydrogen-bond acceptors (Lipinski definition) is 6. The molecule has 0 aliphatic carbocycles. The maximum absolute atomic E-state index is 0. The molecule has 6 nitrogen and oxygen atoms in total. The van der Waals surface area contributed by atoms with Crippen molar-refractivity contribution in [3.63, 3.8) is 0 Å². The lowest BCUT2D eigenvalue weighted by Crippen LogP contribution is -0.482. The second kappa shape index (κ2) is 422. The SMILES string of the molecule is N.N.N.N.N.N.[AlH3].[AlH3].[AlH3].[AlH3].[AlH3].[AlH3].[AlH3].[AlH3].[AlH3].[AlH3].[AlH3].[AlH3].[AlH3].[AlH3].[AlH3].[AlH3].[AlH3].[AlH3].[AlH3].[AlH3].[AlH3].[AlH3].[AlH3]. The van der Waals surface area contributed by atoms with Gasteiger partial charge in [0, 0.05) is 0 Å². The molecule has 29 heteroatoms. The van der Waals surface area contributed by atoms with Crippen LogP contribution in [0.25, 0.3) is 0 Å². The van der Waals surface area contributed by atoms with Crippen molar-refractivity contribution in [1.82, 2.24) is 36.9 Å². The molecule has 186 valence electrons. The monoisotopic (exact) mass is 792 g/mol. The van der Waals surface area contributed by atoms with E-state index in [1.807, 2.05) is 0 Å². The number of rotatable bonds is 0. The molecule has 29 heavy (non-hydrogen) atoms. The predicted molar refractivity (Wildman–Crippen MR) is 259 cm³/mol. The van der Waals surface area contributed by atoms with E-state index < -0.39 is 0 Å². The minimum absolute atomic E-state index is 0. The largest absolute Gasteiger partial charge is 0.344 e. The van der Waals surface area contributed by atoms with Gasteiger partial charge in [0.2, 0.25) is 0 Å². The van der Waals surface area contributed by atoms with E-state index in [-0.39, 0.29) is 436 Å². The van der Waals surface area contributed by atoms with Crippen molar-refractivity contribution in [2.24, 2.45) is 0 Å². The van der Waals surface area contributed by atoms with E-state index in [1.165, 1.54) is 0 Å². The standard InChI is InChI=1S/23Al.6H3N.69H/h;;;;;;;;;;;;;;;;;;;;;;;6*1H3;;;;;;;;;;;;;;;;;;;;;;;;;;;;;;;;;;;;;;;;;;;;;;;;;;;;;;;;;;;;;;;;;;;;;. The van der Waals surface area contributed by atoms with E-state index in [4.69, 9.17) is 0 Å². The molecular formula is H87Al23N6. The van der Waals surface area contributed by atoms with Crippen LogP contribution in [0.4, 0.5) is 0 Å². The topological polar surface area (TPSA) is 210 Å².